The van der Waals surface area contributed by atoms with Crippen LogP contribution in [0, 0.1) is 0 Å². The van der Waals surface area contributed by atoms with E-state index in [-0.39, 0.29) is 11.3 Å². The van der Waals surface area contributed by atoms with Crippen LogP contribution in [0.15, 0.2) is 18.2 Å². The first kappa shape index (κ1) is 10.2. The molecule has 1 N–H and O–H groups in total. The van der Waals surface area contributed by atoms with Crippen molar-refractivity contribution in [3.05, 3.63) is 34.3 Å². The number of rotatable bonds is 0. The third-order valence-corrected chi connectivity index (χ3v) is 4.25. The summed E-state index contributed by atoms with van der Waals surface area (Å²) in [7, 11) is 0. The minimum absolute atomic E-state index is 0.0234. The highest BCUT2D eigenvalue weighted by Crippen LogP contribution is 2.43. The minimum Gasteiger partial charge on any atom is -0.355 e. The lowest BCUT2D eigenvalue weighted by atomic mass is 9.69. The van der Waals surface area contributed by atoms with Crippen LogP contribution in [0.1, 0.15) is 30.4 Å². The zero-order valence-corrected chi connectivity index (χ0v) is 9.81. The summed E-state index contributed by atoms with van der Waals surface area (Å²) in [4.78, 5) is 11.5. The summed E-state index contributed by atoms with van der Waals surface area (Å²) in [6, 6.07) is 6.08. The van der Waals surface area contributed by atoms with Crippen LogP contribution in [-0.2, 0) is 16.6 Å². The van der Waals surface area contributed by atoms with Gasteiger partial charge in [0.2, 0.25) is 5.91 Å². The fourth-order valence-corrected chi connectivity index (χ4v) is 3.38. The lowest BCUT2D eigenvalue weighted by Gasteiger charge is -2.34. The molecule has 1 aliphatic carbocycles. The molecule has 1 heterocycles. The first-order valence-electron chi connectivity index (χ1n) is 5.76. The molecule has 0 bridgehead atoms. The van der Waals surface area contributed by atoms with Crippen LogP contribution < -0.4 is 5.32 Å². The number of hydrogen-bond acceptors (Lipinski definition) is 1. The van der Waals surface area contributed by atoms with E-state index >= 15 is 0 Å². The summed E-state index contributed by atoms with van der Waals surface area (Å²) >= 11 is 6.23. The van der Waals surface area contributed by atoms with Gasteiger partial charge < -0.3 is 5.32 Å². The van der Waals surface area contributed by atoms with Crippen molar-refractivity contribution in [2.75, 3.05) is 6.54 Å². The van der Waals surface area contributed by atoms with Crippen LogP contribution in [-0.4, -0.2) is 12.5 Å². The second-order valence-corrected chi connectivity index (χ2v) is 5.26. The van der Waals surface area contributed by atoms with Gasteiger partial charge in [-0.15, -0.1) is 0 Å². The molecule has 0 saturated carbocycles. The molecular weight excluding hydrogens is 222 g/mol. The second kappa shape index (κ2) is 3.49. The fourth-order valence-electron chi connectivity index (χ4n) is 3.12. The van der Waals surface area contributed by atoms with Crippen LogP contribution in [0.2, 0.25) is 5.02 Å². The Morgan fingerprint density at radius 3 is 3.00 bits per heavy atom. The SMILES string of the molecule is O=C1CC2(CCCc3c(Cl)cccc32)CN1. The van der Waals surface area contributed by atoms with E-state index in [1.807, 2.05) is 12.1 Å². The standard InChI is InChI=1S/C13H14ClNO/c14-11-5-1-4-10-9(11)3-2-6-13(10)7-12(16)15-8-13/h1,4-5H,2-3,6-8H2,(H,15,16). The summed E-state index contributed by atoms with van der Waals surface area (Å²) in [5.74, 6) is 0.174. The van der Waals surface area contributed by atoms with Gasteiger partial charge in [0.25, 0.3) is 0 Å². The number of fused-ring (bicyclic) bond motifs is 2. The number of hydrogen-bond donors (Lipinski definition) is 1. The molecule has 1 aliphatic heterocycles. The Balaban J connectivity index is 2.13. The second-order valence-electron chi connectivity index (χ2n) is 4.85. The number of nitrogens with one attached hydrogen (secondary N) is 1. The summed E-state index contributed by atoms with van der Waals surface area (Å²) < 4.78 is 0. The van der Waals surface area contributed by atoms with Crippen LogP contribution in [0.5, 0.6) is 0 Å². The van der Waals surface area contributed by atoms with Crippen molar-refractivity contribution in [3.63, 3.8) is 0 Å². The molecule has 1 aromatic carbocycles. The van der Waals surface area contributed by atoms with Crippen molar-refractivity contribution in [1.29, 1.82) is 0 Å². The van der Waals surface area contributed by atoms with E-state index in [2.05, 4.69) is 11.4 Å². The third-order valence-electron chi connectivity index (χ3n) is 3.90. The molecule has 1 fully saturated rings. The van der Waals surface area contributed by atoms with Crippen LogP contribution in [0.4, 0.5) is 0 Å². The Kier molecular flexibility index (Phi) is 2.21. The lowest BCUT2D eigenvalue weighted by Crippen LogP contribution is -2.33. The molecule has 2 nitrogen and oxygen atoms in total. The summed E-state index contributed by atoms with van der Waals surface area (Å²) in [5.41, 5.74) is 2.58. The van der Waals surface area contributed by atoms with Gasteiger partial charge in [0, 0.05) is 23.4 Å². The molecule has 16 heavy (non-hydrogen) atoms. The first-order chi connectivity index (χ1) is 7.71. The maximum Gasteiger partial charge on any atom is 0.220 e. The van der Waals surface area contributed by atoms with E-state index in [1.165, 1.54) is 11.1 Å². The van der Waals surface area contributed by atoms with E-state index in [1.54, 1.807) is 0 Å². The first-order valence-corrected chi connectivity index (χ1v) is 6.14. The predicted octanol–water partition coefficient (Wildman–Crippen LogP) is 2.43. The van der Waals surface area contributed by atoms with Gasteiger partial charge in [0.15, 0.2) is 0 Å². The zero-order chi connectivity index (χ0) is 11.2. The monoisotopic (exact) mass is 235 g/mol. The fraction of sp³-hybridized carbons (Fsp3) is 0.462. The highest BCUT2D eigenvalue weighted by molar-refractivity contribution is 6.31. The van der Waals surface area contributed by atoms with Gasteiger partial charge in [-0.1, -0.05) is 23.7 Å². The van der Waals surface area contributed by atoms with E-state index < -0.39 is 0 Å². The molecule has 84 valence electrons. The molecule has 2 aliphatic rings. The lowest BCUT2D eigenvalue weighted by molar-refractivity contribution is -0.119. The number of carbonyl (C=O) groups excluding carboxylic acids is 1. The topological polar surface area (TPSA) is 29.1 Å². The molecule has 1 spiro atoms. The van der Waals surface area contributed by atoms with E-state index in [4.69, 9.17) is 11.6 Å². The Morgan fingerprint density at radius 2 is 2.25 bits per heavy atom. The average Bonchev–Trinajstić information content (AvgIpc) is 2.63. The summed E-state index contributed by atoms with van der Waals surface area (Å²) in [6.45, 7) is 0.777. The minimum atomic E-state index is 0.0234. The van der Waals surface area contributed by atoms with Crippen LogP contribution in [0.3, 0.4) is 0 Å². The Labute approximate surface area is 100.0 Å². The Morgan fingerprint density at radius 1 is 1.38 bits per heavy atom. The van der Waals surface area contributed by atoms with Gasteiger partial charge in [-0.05, 0) is 36.5 Å². The molecule has 1 atom stereocenters. The number of amides is 1. The molecule has 0 radical (unpaired) electrons. The maximum absolute atomic E-state index is 11.5. The molecule has 3 rings (SSSR count). The highest BCUT2D eigenvalue weighted by Gasteiger charge is 2.42. The van der Waals surface area contributed by atoms with Gasteiger partial charge in [-0.3, -0.25) is 4.79 Å². The van der Waals surface area contributed by atoms with Crippen molar-refractivity contribution in [2.45, 2.75) is 31.1 Å². The van der Waals surface area contributed by atoms with Crippen LogP contribution in [0.25, 0.3) is 0 Å². The van der Waals surface area contributed by atoms with Crippen LogP contribution >= 0.6 is 11.6 Å². The molecule has 1 saturated heterocycles. The summed E-state index contributed by atoms with van der Waals surface area (Å²) in [5, 5.41) is 3.82. The smallest absolute Gasteiger partial charge is 0.220 e. The Hall–Kier alpha value is -1.02. The van der Waals surface area contributed by atoms with E-state index in [0.717, 1.165) is 30.8 Å². The van der Waals surface area contributed by atoms with Crippen molar-refractivity contribution in [3.8, 4) is 0 Å². The number of benzene rings is 1. The zero-order valence-electron chi connectivity index (χ0n) is 9.05. The highest BCUT2D eigenvalue weighted by atomic mass is 35.5. The molecular formula is C13H14ClNO. The largest absolute Gasteiger partial charge is 0.355 e. The third kappa shape index (κ3) is 1.36. The normalized spacial score (nSPS) is 27.9. The molecule has 3 heteroatoms. The Bertz CT molecular complexity index is 457. The van der Waals surface area contributed by atoms with Gasteiger partial charge in [0.1, 0.15) is 0 Å². The van der Waals surface area contributed by atoms with Crippen molar-refractivity contribution in [2.24, 2.45) is 0 Å². The number of halogens is 1. The van der Waals surface area contributed by atoms with Gasteiger partial charge in [-0.25, -0.2) is 0 Å². The van der Waals surface area contributed by atoms with E-state index in [9.17, 15) is 4.79 Å². The van der Waals surface area contributed by atoms with Crippen molar-refractivity contribution >= 4 is 17.5 Å². The molecule has 1 unspecified atom stereocenters. The average molecular weight is 236 g/mol. The molecule has 0 aromatic heterocycles. The molecule has 1 aromatic rings. The van der Waals surface area contributed by atoms with Crippen molar-refractivity contribution < 1.29 is 4.79 Å². The number of carbonyl (C=O) groups is 1. The van der Waals surface area contributed by atoms with Crippen molar-refractivity contribution in [1.82, 2.24) is 5.32 Å². The molecule has 1 amide bonds. The van der Waals surface area contributed by atoms with Gasteiger partial charge in [0.05, 0.1) is 0 Å². The van der Waals surface area contributed by atoms with E-state index in [0.29, 0.717) is 6.42 Å². The van der Waals surface area contributed by atoms with Gasteiger partial charge >= 0.3 is 0 Å². The summed E-state index contributed by atoms with van der Waals surface area (Å²) in [6.07, 6.45) is 3.90. The quantitative estimate of drug-likeness (QED) is 0.735. The predicted molar refractivity (Wildman–Crippen MR) is 63.7 cm³/mol. The maximum atomic E-state index is 11.5. The van der Waals surface area contributed by atoms with Gasteiger partial charge in [-0.2, -0.15) is 0 Å².